The van der Waals surface area contributed by atoms with Gasteiger partial charge in [0.05, 0.1) is 6.07 Å². The number of rotatable bonds is 3. The number of imidazole rings is 1. The summed E-state index contributed by atoms with van der Waals surface area (Å²) in [5, 5.41) is 9.29. The molecule has 0 aliphatic heterocycles. The minimum Gasteiger partial charge on any atom is -0.337 e. The number of nitriles is 1. The topological polar surface area (TPSA) is 41.6 Å². The molecule has 86 valence electrons. The van der Waals surface area contributed by atoms with Crippen LogP contribution in [0.1, 0.15) is 17.3 Å². The van der Waals surface area contributed by atoms with Crippen molar-refractivity contribution < 1.29 is 0 Å². The van der Waals surface area contributed by atoms with Crippen molar-refractivity contribution in [2.24, 2.45) is 7.05 Å². The molecule has 1 aromatic carbocycles. The molecule has 1 unspecified atom stereocenters. The lowest BCUT2D eigenvalue weighted by Crippen LogP contribution is -2.05. The van der Waals surface area contributed by atoms with Crippen LogP contribution in [0.25, 0.3) is 0 Å². The zero-order valence-corrected chi connectivity index (χ0v) is 10.6. The predicted octanol–water partition coefficient (Wildman–Crippen LogP) is 2.80. The van der Waals surface area contributed by atoms with Crippen LogP contribution in [0.4, 0.5) is 0 Å². The van der Waals surface area contributed by atoms with Crippen LogP contribution in [0.3, 0.4) is 0 Å². The summed E-state index contributed by atoms with van der Waals surface area (Å²) in [5.74, 6) is 0.482. The molecular formula is C13H13N3S. The maximum Gasteiger partial charge on any atom is 0.130 e. The zero-order valence-electron chi connectivity index (χ0n) is 9.79. The number of thioether (sulfide) groups is 1. The van der Waals surface area contributed by atoms with Crippen molar-refractivity contribution in [1.82, 2.24) is 9.55 Å². The first-order valence-electron chi connectivity index (χ1n) is 5.27. The monoisotopic (exact) mass is 243 g/mol. The molecule has 4 heteroatoms. The Labute approximate surface area is 105 Å². The van der Waals surface area contributed by atoms with E-state index >= 15 is 0 Å². The molecule has 0 spiro atoms. The van der Waals surface area contributed by atoms with Crippen molar-refractivity contribution in [1.29, 1.82) is 5.26 Å². The molecule has 1 aromatic heterocycles. The van der Waals surface area contributed by atoms with Crippen LogP contribution in [0, 0.1) is 11.3 Å². The Morgan fingerprint density at radius 1 is 1.35 bits per heavy atom. The van der Waals surface area contributed by atoms with Crippen molar-refractivity contribution >= 4 is 11.8 Å². The Kier molecular flexibility index (Phi) is 3.50. The summed E-state index contributed by atoms with van der Waals surface area (Å²) in [4.78, 5) is 5.44. The molecule has 0 fully saturated rings. The summed E-state index contributed by atoms with van der Waals surface area (Å²) < 4.78 is 1.89. The average molecular weight is 243 g/mol. The quantitative estimate of drug-likeness (QED) is 0.778. The summed E-state index contributed by atoms with van der Waals surface area (Å²) in [6.07, 6.45) is 5.61. The number of hydrogen-bond donors (Lipinski definition) is 0. The Hall–Kier alpha value is -1.73. The Morgan fingerprint density at radius 3 is 2.53 bits per heavy atom. The molecule has 2 rings (SSSR count). The third-order valence-electron chi connectivity index (χ3n) is 2.69. The molecule has 0 bridgehead atoms. The van der Waals surface area contributed by atoms with Gasteiger partial charge < -0.3 is 4.57 Å². The fraction of sp³-hybridized carbons (Fsp3) is 0.231. The van der Waals surface area contributed by atoms with E-state index < -0.39 is 0 Å². The van der Waals surface area contributed by atoms with E-state index in [9.17, 15) is 5.26 Å². The largest absolute Gasteiger partial charge is 0.337 e. The third-order valence-corrected chi connectivity index (χ3v) is 3.44. The summed E-state index contributed by atoms with van der Waals surface area (Å²) >= 11 is 1.69. The maximum atomic E-state index is 9.29. The van der Waals surface area contributed by atoms with Gasteiger partial charge in [0, 0.05) is 24.3 Å². The molecule has 0 saturated carbocycles. The fourth-order valence-corrected chi connectivity index (χ4v) is 2.14. The van der Waals surface area contributed by atoms with Gasteiger partial charge in [-0.25, -0.2) is 4.98 Å². The van der Waals surface area contributed by atoms with E-state index in [2.05, 4.69) is 11.1 Å². The van der Waals surface area contributed by atoms with Gasteiger partial charge >= 0.3 is 0 Å². The fourth-order valence-electron chi connectivity index (χ4n) is 1.73. The third kappa shape index (κ3) is 2.34. The van der Waals surface area contributed by atoms with Gasteiger partial charge in [0.1, 0.15) is 11.7 Å². The lowest BCUT2D eigenvalue weighted by Gasteiger charge is -2.09. The summed E-state index contributed by atoms with van der Waals surface area (Å²) in [5.41, 5.74) is 0.986. The average Bonchev–Trinajstić information content (AvgIpc) is 2.78. The maximum absolute atomic E-state index is 9.29. The van der Waals surface area contributed by atoms with Gasteiger partial charge in [0.25, 0.3) is 0 Å². The minimum absolute atomic E-state index is 0.300. The number of hydrogen-bond acceptors (Lipinski definition) is 3. The number of benzene rings is 1. The molecule has 17 heavy (non-hydrogen) atoms. The van der Waals surface area contributed by atoms with E-state index in [1.165, 1.54) is 4.90 Å². The lowest BCUT2D eigenvalue weighted by molar-refractivity contribution is 0.783. The summed E-state index contributed by atoms with van der Waals surface area (Å²) in [7, 11) is 1.91. The van der Waals surface area contributed by atoms with Crippen LogP contribution >= 0.6 is 11.8 Å². The Bertz CT molecular complexity index is 537. The highest BCUT2D eigenvalue weighted by molar-refractivity contribution is 7.98. The van der Waals surface area contributed by atoms with E-state index in [0.29, 0.717) is 0 Å². The van der Waals surface area contributed by atoms with Crippen LogP contribution in [0.2, 0.25) is 0 Å². The van der Waals surface area contributed by atoms with E-state index in [1.54, 1.807) is 18.0 Å². The smallest absolute Gasteiger partial charge is 0.130 e. The molecule has 1 atom stereocenters. The highest BCUT2D eigenvalue weighted by Crippen LogP contribution is 2.24. The molecule has 0 amide bonds. The highest BCUT2D eigenvalue weighted by atomic mass is 32.2. The molecule has 2 aromatic rings. The van der Waals surface area contributed by atoms with Crippen molar-refractivity contribution in [2.45, 2.75) is 10.8 Å². The van der Waals surface area contributed by atoms with E-state index in [-0.39, 0.29) is 5.92 Å². The number of aromatic nitrogens is 2. The van der Waals surface area contributed by atoms with Gasteiger partial charge in [-0.1, -0.05) is 12.1 Å². The van der Waals surface area contributed by atoms with Gasteiger partial charge in [-0.2, -0.15) is 5.26 Å². The zero-order chi connectivity index (χ0) is 12.3. The summed E-state index contributed by atoms with van der Waals surface area (Å²) in [6, 6.07) is 10.4. The van der Waals surface area contributed by atoms with E-state index in [0.717, 1.165) is 11.4 Å². The minimum atomic E-state index is -0.300. The van der Waals surface area contributed by atoms with Crippen molar-refractivity contribution in [3.8, 4) is 6.07 Å². The first-order chi connectivity index (χ1) is 8.26. The first kappa shape index (κ1) is 11.7. The second kappa shape index (κ2) is 5.07. The van der Waals surface area contributed by atoms with Gasteiger partial charge in [-0.05, 0) is 24.0 Å². The van der Waals surface area contributed by atoms with E-state index in [1.807, 2.05) is 48.3 Å². The van der Waals surface area contributed by atoms with E-state index in [4.69, 9.17) is 0 Å². The SMILES string of the molecule is CSc1ccc(C(C#N)c2nccn2C)cc1. The summed E-state index contributed by atoms with van der Waals surface area (Å²) in [6.45, 7) is 0. The second-order valence-corrected chi connectivity index (χ2v) is 4.61. The van der Waals surface area contributed by atoms with Crippen LogP contribution in [-0.4, -0.2) is 15.8 Å². The standard InChI is InChI=1S/C13H13N3S/c1-16-8-7-15-13(16)12(9-14)10-3-5-11(17-2)6-4-10/h3-8,12H,1-2H3. The lowest BCUT2D eigenvalue weighted by atomic mass is 10.00. The van der Waals surface area contributed by atoms with Gasteiger partial charge in [0.15, 0.2) is 0 Å². The molecule has 0 N–H and O–H groups in total. The normalized spacial score (nSPS) is 12.1. The van der Waals surface area contributed by atoms with Crippen LogP contribution in [0.15, 0.2) is 41.6 Å². The highest BCUT2D eigenvalue weighted by Gasteiger charge is 2.17. The molecule has 0 radical (unpaired) electrons. The molecule has 3 nitrogen and oxygen atoms in total. The molecular weight excluding hydrogens is 230 g/mol. The second-order valence-electron chi connectivity index (χ2n) is 3.73. The molecule has 0 saturated heterocycles. The first-order valence-corrected chi connectivity index (χ1v) is 6.49. The van der Waals surface area contributed by atoms with Gasteiger partial charge in [0.2, 0.25) is 0 Å². The van der Waals surface area contributed by atoms with Crippen LogP contribution in [0.5, 0.6) is 0 Å². The predicted molar refractivity (Wildman–Crippen MR) is 68.9 cm³/mol. The van der Waals surface area contributed by atoms with Crippen molar-refractivity contribution in [3.63, 3.8) is 0 Å². The van der Waals surface area contributed by atoms with Crippen molar-refractivity contribution in [3.05, 3.63) is 48.0 Å². The van der Waals surface area contributed by atoms with Crippen LogP contribution in [-0.2, 0) is 7.05 Å². The molecule has 0 aliphatic rings. The number of aryl methyl sites for hydroxylation is 1. The van der Waals surface area contributed by atoms with Crippen LogP contribution < -0.4 is 0 Å². The van der Waals surface area contributed by atoms with Crippen molar-refractivity contribution in [2.75, 3.05) is 6.26 Å². The molecule has 0 aliphatic carbocycles. The number of nitrogens with zero attached hydrogens (tertiary/aromatic N) is 3. The Morgan fingerprint density at radius 2 is 2.06 bits per heavy atom. The molecule has 1 heterocycles. The van der Waals surface area contributed by atoms with Gasteiger partial charge in [-0.15, -0.1) is 11.8 Å². The van der Waals surface area contributed by atoms with Gasteiger partial charge in [-0.3, -0.25) is 0 Å². The Balaban J connectivity index is 2.36.